The van der Waals surface area contributed by atoms with E-state index in [0.29, 0.717) is 5.92 Å². The Kier molecular flexibility index (Phi) is 17.6. The van der Waals surface area contributed by atoms with Crippen LogP contribution in [0.1, 0.15) is 88.8 Å². The Balaban J connectivity index is 0.00000420. The predicted molar refractivity (Wildman–Crippen MR) is 170 cm³/mol. The van der Waals surface area contributed by atoms with Crippen LogP contribution in [-0.4, -0.2) is 8.07 Å². The molecule has 0 bridgehead atoms. The topological polar surface area (TPSA) is 0 Å². The Morgan fingerprint density at radius 1 is 0.524 bits per heavy atom. The van der Waals surface area contributed by atoms with Gasteiger partial charge in [-0.2, -0.15) is 11.3 Å². The molecule has 1 aliphatic rings. The standard InChI is InChI=1S/C37H47Si.3ClH.Ti/c1-9-28-17-29(10-2)21-34(20-28)38(37-26(7)15-16-27(37)8,35-22-30(11-3)18-31(12-4)23-35)36-24-32(13-5)19-33(14-6)25-36;;;;/h15,17-26H,9-14H2,1-8H3;3*1H;/q-1;;;;+4/p-3. The summed E-state index contributed by atoms with van der Waals surface area (Å²) in [4.78, 5) is 0. The van der Waals surface area contributed by atoms with Crippen LogP contribution < -0.4 is 52.8 Å². The molecular formula is C37H47Cl3SiTi. The van der Waals surface area contributed by atoms with Crippen molar-refractivity contribution in [3.05, 3.63) is 111 Å². The molecular weight excluding hydrogens is 627 g/mol. The molecule has 0 amide bonds. The molecule has 0 N–H and O–H groups in total. The zero-order valence-corrected chi connectivity index (χ0v) is 31.6. The summed E-state index contributed by atoms with van der Waals surface area (Å²) in [5.41, 5.74) is 10.1. The van der Waals surface area contributed by atoms with Gasteiger partial charge in [0.1, 0.15) is 0 Å². The van der Waals surface area contributed by atoms with Gasteiger partial charge in [-0.15, -0.1) is 0 Å². The van der Waals surface area contributed by atoms with Crippen LogP contribution in [0, 0.1) is 12.0 Å². The first-order valence-electron chi connectivity index (χ1n) is 15.0. The average molecular weight is 674 g/mol. The number of allylic oxidation sites excluding steroid dienone is 4. The van der Waals surface area contributed by atoms with E-state index in [1.54, 1.807) is 20.8 Å². The maximum Gasteiger partial charge on any atom is 4.00 e. The minimum Gasteiger partial charge on any atom is -1.00 e. The SMILES string of the molecule is CCc1cc(CC)cc([Si](C2=C(C)[C-]=CC2C)(c2cc(CC)cc(CC)c2)c2cc(CC)cc(CC)c2)c1.[Cl-].[Cl-].[Cl-].[Ti+4]. The molecule has 0 saturated carbocycles. The molecule has 1 atom stereocenters. The van der Waals surface area contributed by atoms with Gasteiger partial charge in [0, 0.05) is 0 Å². The monoisotopic (exact) mass is 672 g/mol. The van der Waals surface area contributed by atoms with Gasteiger partial charge in [-0.05, 0) is 71.9 Å². The molecule has 4 rings (SSSR count). The van der Waals surface area contributed by atoms with Crippen LogP contribution in [0.5, 0.6) is 0 Å². The van der Waals surface area contributed by atoms with Crippen molar-refractivity contribution in [1.82, 2.24) is 0 Å². The second-order valence-electron chi connectivity index (χ2n) is 11.1. The minimum absolute atomic E-state index is 0. The van der Waals surface area contributed by atoms with Gasteiger partial charge in [-0.1, -0.05) is 131 Å². The van der Waals surface area contributed by atoms with Crippen LogP contribution in [0.25, 0.3) is 0 Å². The van der Waals surface area contributed by atoms with E-state index in [-0.39, 0.29) is 58.9 Å². The van der Waals surface area contributed by atoms with Gasteiger partial charge >= 0.3 is 21.7 Å². The second kappa shape index (κ2) is 18.0. The van der Waals surface area contributed by atoms with Gasteiger partial charge in [0.05, 0.1) is 8.07 Å². The van der Waals surface area contributed by atoms with Gasteiger partial charge in [-0.25, -0.2) is 5.57 Å². The predicted octanol–water partition coefficient (Wildman–Crippen LogP) is -1.59. The van der Waals surface area contributed by atoms with Crippen LogP contribution in [0.15, 0.2) is 71.4 Å². The molecule has 5 heteroatoms. The van der Waals surface area contributed by atoms with Crippen molar-refractivity contribution in [1.29, 1.82) is 0 Å². The summed E-state index contributed by atoms with van der Waals surface area (Å²) in [5.74, 6) is 0.378. The van der Waals surface area contributed by atoms with E-state index in [9.17, 15) is 0 Å². The maximum atomic E-state index is 3.69. The fourth-order valence-electron chi connectivity index (χ4n) is 6.50. The first-order valence-corrected chi connectivity index (χ1v) is 17.0. The number of rotatable bonds is 10. The van der Waals surface area contributed by atoms with Crippen molar-refractivity contribution in [2.24, 2.45) is 5.92 Å². The first kappa shape index (κ1) is 40.9. The molecule has 224 valence electrons. The molecule has 3 aromatic rings. The van der Waals surface area contributed by atoms with Crippen LogP contribution >= 0.6 is 0 Å². The average Bonchev–Trinajstić information content (AvgIpc) is 3.30. The summed E-state index contributed by atoms with van der Waals surface area (Å²) in [6, 6.07) is 22.8. The minimum atomic E-state index is -2.62. The van der Waals surface area contributed by atoms with Crippen molar-refractivity contribution in [2.75, 3.05) is 0 Å². The van der Waals surface area contributed by atoms with E-state index in [4.69, 9.17) is 0 Å². The Bertz CT molecular complexity index is 1170. The Hall–Kier alpha value is -1.06. The molecule has 0 aliphatic heterocycles. The third-order valence-electron chi connectivity index (χ3n) is 8.72. The van der Waals surface area contributed by atoms with Crippen LogP contribution in [0.2, 0.25) is 0 Å². The van der Waals surface area contributed by atoms with Crippen molar-refractivity contribution in [3.8, 4) is 0 Å². The van der Waals surface area contributed by atoms with Gasteiger partial charge in [0.2, 0.25) is 0 Å². The molecule has 0 radical (unpaired) electrons. The Morgan fingerprint density at radius 2 is 0.786 bits per heavy atom. The van der Waals surface area contributed by atoms with Crippen LogP contribution in [0.3, 0.4) is 0 Å². The Labute approximate surface area is 291 Å². The van der Waals surface area contributed by atoms with Crippen molar-refractivity contribution in [2.45, 2.75) is 93.9 Å². The third kappa shape index (κ3) is 7.96. The van der Waals surface area contributed by atoms with E-state index >= 15 is 0 Å². The summed E-state index contributed by atoms with van der Waals surface area (Å²) < 4.78 is 0. The molecule has 3 aromatic carbocycles. The summed E-state index contributed by atoms with van der Waals surface area (Å²) >= 11 is 0. The molecule has 0 spiro atoms. The Morgan fingerprint density at radius 3 is 0.976 bits per heavy atom. The first-order chi connectivity index (χ1) is 18.3. The van der Waals surface area contributed by atoms with Crippen molar-refractivity contribution in [3.63, 3.8) is 0 Å². The van der Waals surface area contributed by atoms with Crippen molar-refractivity contribution < 1.29 is 58.9 Å². The zero-order valence-electron chi connectivity index (χ0n) is 26.7. The normalized spacial score (nSPS) is 14.0. The molecule has 1 unspecified atom stereocenters. The molecule has 0 aromatic heterocycles. The van der Waals surface area contributed by atoms with Crippen LogP contribution in [-0.2, 0) is 60.2 Å². The van der Waals surface area contributed by atoms with E-state index < -0.39 is 8.07 Å². The summed E-state index contributed by atoms with van der Waals surface area (Å²) in [5, 5.41) is 6.28. The third-order valence-corrected chi connectivity index (χ3v) is 13.8. The summed E-state index contributed by atoms with van der Waals surface area (Å²) in [6.07, 6.45) is 12.4. The molecule has 1 aliphatic carbocycles. The number of halogens is 3. The fourth-order valence-corrected chi connectivity index (χ4v) is 12.2. The maximum absolute atomic E-state index is 3.69. The number of hydrogen-bond acceptors (Lipinski definition) is 0. The van der Waals surface area contributed by atoms with Gasteiger partial charge in [0.15, 0.2) is 0 Å². The fraction of sp³-hybridized carbons (Fsp3) is 0.405. The largest absolute Gasteiger partial charge is 4.00 e. The van der Waals surface area contributed by atoms with E-state index in [2.05, 4.69) is 122 Å². The molecule has 0 saturated heterocycles. The molecule has 0 heterocycles. The summed E-state index contributed by atoms with van der Waals surface area (Å²) in [7, 11) is -2.62. The van der Waals surface area contributed by atoms with E-state index in [1.165, 1.54) is 39.0 Å². The van der Waals surface area contributed by atoms with E-state index in [0.717, 1.165) is 38.5 Å². The quantitative estimate of drug-likeness (QED) is 0.138. The second-order valence-corrected chi connectivity index (χ2v) is 14.9. The van der Waals surface area contributed by atoms with E-state index in [1.807, 2.05) is 0 Å². The number of aryl methyl sites for hydroxylation is 6. The van der Waals surface area contributed by atoms with Crippen LogP contribution in [0.4, 0.5) is 0 Å². The van der Waals surface area contributed by atoms with Gasteiger partial charge in [0.25, 0.3) is 0 Å². The summed E-state index contributed by atoms with van der Waals surface area (Å²) in [6.45, 7) is 18.5. The van der Waals surface area contributed by atoms with Crippen molar-refractivity contribution >= 4 is 23.6 Å². The molecule has 42 heavy (non-hydrogen) atoms. The van der Waals surface area contributed by atoms with Gasteiger partial charge in [-0.3, -0.25) is 6.08 Å². The smallest absolute Gasteiger partial charge is 1.00 e. The molecule has 0 fully saturated rings. The zero-order chi connectivity index (χ0) is 27.4. The molecule has 0 nitrogen and oxygen atoms in total. The number of hydrogen-bond donors (Lipinski definition) is 0. The van der Waals surface area contributed by atoms with Gasteiger partial charge < -0.3 is 37.2 Å². The number of benzene rings is 3.